The van der Waals surface area contributed by atoms with Gasteiger partial charge in [0, 0.05) is 6.61 Å². The molecule has 0 aliphatic carbocycles. The molecule has 0 radical (unpaired) electrons. The van der Waals surface area contributed by atoms with E-state index in [9.17, 15) is 0 Å². The second-order valence-corrected chi connectivity index (χ2v) is 1.18. The first-order valence-electron chi connectivity index (χ1n) is 2.30. The van der Waals surface area contributed by atoms with Gasteiger partial charge in [-0.1, -0.05) is 24.8 Å². The standard InChI is InChI=1S/C6H10O/c1-2-3-4-5-6-7/h2-4,7H,1,5-6H2. The molecule has 0 rings (SSSR count). The SMILES string of the molecule is C=CC=CCCO. The maximum Gasteiger partial charge on any atom is 0.0465 e. The Morgan fingerprint density at radius 1 is 1.57 bits per heavy atom. The topological polar surface area (TPSA) is 20.2 Å². The molecule has 0 aromatic carbocycles. The Labute approximate surface area is 44.0 Å². The zero-order chi connectivity index (χ0) is 5.54. The molecule has 0 saturated carbocycles. The van der Waals surface area contributed by atoms with Gasteiger partial charge in [0.25, 0.3) is 0 Å². The Kier molecular flexibility index (Phi) is 5.00. The van der Waals surface area contributed by atoms with Crippen LogP contribution in [0, 0.1) is 0 Å². The summed E-state index contributed by atoms with van der Waals surface area (Å²) in [6.07, 6.45) is 6.10. The lowest BCUT2D eigenvalue weighted by Gasteiger charge is -1.77. The van der Waals surface area contributed by atoms with Crippen molar-refractivity contribution >= 4 is 0 Å². The summed E-state index contributed by atoms with van der Waals surface area (Å²) in [7, 11) is 0. The second kappa shape index (κ2) is 5.44. The Morgan fingerprint density at radius 3 is 2.71 bits per heavy atom. The van der Waals surface area contributed by atoms with Crippen LogP contribution in [0.5, 0.6) is 0 Å². The van der Waals surface area contributed by atoms with Gasteiger partial charge in [-0.2, -0.15) is 0 Å². The maximum atomic E-state index is 8.21. The summed E-state index contributed by atoms with van der Waals surface area (Å²) in [5.74, 6) is 0. The summed E-state index contributed by atoms with van der Waals surface area (Å²) < 4.78 is 0. The molecule has 0 fully saturated rings. The summed E-state index contributed by atoms with van der Waals surface area (Å²) >= 11 is 0. The zero-order valence-electron chi connectivity index (χ0n) is 4.30. The summed E-state index contributed by atoms with van der Waals surface area (Å²) in [6, 6.07) is 0. The summed E-state index contributed by atoms with van der Waals surface area (Å²) in [6.45, 7) is 3.69. The molecule has 1 nitrogen and oxygen atoms in total. The van der Waals surface area contributed by atoms with E-state index in [0.717, 1.165) is 6.42 Å². The third-order valence-electron chi connectivity index (χ3n) is 0.568. The molecule has 7 heavy (non-hydrogen) atoms. The van der Waals surface area contributed by atoms with Crippen LogP contribution < -0.4 is 0 Å². The fraction of sp³-hybridized carbons (Fsp3) is 0.333. The minimum Gasteiger partial charge on any atom is -0.396 e. The van der Waals surface area contributed by atoms with Crippen LogP contribution in [0.4, 0.5) is 0 Å². The van der Waals surface area contributed by atoms with Crippen LogP contribution >= 0.6 is 0 Å². The number of aliphatic hydroxyl groups excluding tert-OH is 1. The first kappa shape index (κ1) is 6.44. The van der Waals surface area contributed by atoms with Gasteiger partial charge in [-0.25, -0.2) is 0 Å². The van der Waals surface area contributed by atoms with Crippen LogP contribution in [0.3, 0.4) is 0 Å². The minimum absolute atomic E-state index is 0.227. The highest BCUT2D eigenvalue weighted by molar-refractivity contribution is 4.96. The normalized spacial score (nSPS) is 9.86. The maximum absolute atomic E-state index is 8.21. The van der Waals surface area contributed by atoms with Crippen LogP contribution in [0.1, 0.15) is 6.42 Å². The summed E-state index contributed by atoms with van der Waals surface area (Å²) in [5, 5.41) is 8.21. The van der Waals surface area contributed by atoms with Crippen molar-refractivity contribution in [3.05, 3.63) is 24.8 Å². The van der Waals surface area contributed by atoms with Gasteiger partial charge in [-0.05, 0) is 6.42 Å². The highest BCUT2D eigenvalue weighted by Crippen LogP contribution is 1.78. The molecule has 0 heterocycles. The van der Waals surface area contributed by atoms with Gasteiger partial charge in [-0.15, -0.1) is 0 Å². The molecular weight excluding hydrogens is 88.1 g/mol. The van der Waals surface area contributed by atoms with E-state index in [1.54, 1.807) is 6.08 Å². The van der Waals surface area contributed by atoms with Crippen LogP contribution in [0.2, 0.25) is 0 Å². The number of allylic oxidation sites excluding steroid dienone is 2. The Balaban J connectivity index is 2.92. The molecule has 0 aliphatic heterocycles. The van der Waals surface area contributed by atoms with Crippen molar-refractivity contribution in [3.8, 4) is 0 Å². The molecule has 0 bridgehead atoms. The van der Waals surface area contributed by atoms with Crippen molar-refractivity contribution in [3.63, 3.8) is 0 Å². The van der Waals surface area contributed by atoms with Crippen molar-refractivity contribution in [2.75, 3.05) is 6.61 Å². The molecule has 0 amide bonds. The van der Waals surface area contributed by atoms with Crippen molar-refractivity contribution in [1.82, 2.24) is 0 Å². The number of aliphatic hydroxyl groups is 1. The molecule has 0 unspecified atom stereocenters. The first-order chi connectivity index (χ1) is 3.41. The first-order valence-corrected chi connectivity index (χ1v) is 2.30. The Morgan fingerprint density at radius 2 is 2.29 bits per heavy atom. The molecule has 1 heteroatoms. The van der Waals surface area contributed by atoms with Gasteiger partial charge in [0.1, 0.15) is 0 Å². The lowest BCUT2D eigenvalue weighted by Crippen LogP contribution is -1.73. The van der Waals surface area contributed by atoms with Crippen molar-refractivity contribution in [2.24, 2.45) is 0 Å². The third-order valence-corrected chi connectivity index (χ3v) is 0.568. The number of rotatable bonds is 3. The Bertz CT molecular complexity index is 64.6. The predicted molar refractivity (Wildman–Crippen MR) is 31.0 cm³/mol. The number of hydrogen-bond acceptors (Lipinski definition) is 1. The predicted octanol–water partition coefficient (Wildman–Crippen LogP) is 1.11. The average molecular weight is 98.1 g/mol. The van der Waals surface area contributed by atoms with E-state index in [1.165, 1.54) is 0 Å². The van der Waals surface area contributed by atoms with Crippen molar-refractivity contribution in [1.29, 1.82) is 0 Å². The number of hydrogen-bond donors (Lipinski definition) is 1. The molecule has 0 aliphatic rings. The van der Waals surface area contributed by atoms with Crippen LogP contribution in [-0.2, 0) is 0 Å². The highest BCUT2D eigenvalue weighted by atomic mass is 16.2. The molecule has 0 spiro atoms. The lowest BCUT2D eigenvalue weighted by molar-refractivity contribution is 0.302. The van der Waals surface area contributed by atoms with Crippen LogP contribution in [-0.4, -0.2) is 11.7 Å². The minimum atomic E-state index is 0.227. The van der Waals surface area contributed by atoms with Gasteiger partial charge >= 0.3 is 0 Å². The van der Waals surface area contributed by atoms with E-state index < -0.39 is 0 Å². The van der Waals surface area contributed by atoms with E-state index in [0.29, 0.717) is 0 Å². The van der Waals surface area contributed by atoms with Gasteiger partial charge < -0.3 is 5.11 Å². The third kappa shape index (κ3) is 5.44. The van der Waals surface area contributed by atoms with Gasteiger partial charge in [0.2, 0.25) is 0 Å². The lowest BCUT2D eigenvalue weighted by atomic mass is 10.4. The fourth-order valence-electron chi connectivity index (χ4n) is 0.267. The van der Waals surface area contributed by atoms with E-state index in [-0.39, 0.29) is 6.61 Å². The monoisotopic (exact) mass is 98.1 g/mol. The van der Waals surface area contributed by atoms with E-state index >= 15 is 0 Å². The highest BCUT2D eigenvalue weighted by Gasteiger charge is 1.67. The molecular formula is C6H10O. The average Bonchev–Trinajstić information content (AvgIpc) is 1.69. The van der Waals surface area contributed by atoms with Crippen LogP contribution in [0.15, 0.2) is 24.8 Å². The van der Waals surface area contributed by atoms with Crippen molar-refractivity contribution in [2.45, 2.75) is 6.42 Å². The quantitative estimate of drug-likeness (QED) is 0.524. The smallest absolute Gasteiger partial charge is 0.0465 e. The van der Waals surface area contributed by atoms with Gasteiger partial charge in [-0.3, -0.25) is 0 Å². The van der Waals surface area contributed by atoms with E-state index in [1.807, 2.05) is 12.2 Å². The second-order valence-electron chi connectivity index (χ2n) is 1.18. The molecule has 0 saturated heterocycles. The van der Waals surface area contributed by atoms with Gasteiger partial charge in [0.05, 0.1) is 0 Å². The molecule has 0 aromatic rings. The van der Waals surface area contributed by atoms with Crippen LogP contribution in [0.25, 0.3) is 0 Å². The largest absolute Gasteiger partial charge is 0.396 e. The van der Waals surface area contributed by atoms with Crippen molar-refractivity contribution < 1.29 is 5.11 Å². The van der Waals surface area contributed by atoms with E-state index in [2.05, 4.69) is 6.58 Å². The van der Waals surface area contributed by atoms with E-state index in [4.69, 9.17) is 5.11 Å². The summed E-state index contributed by atoms with van der Waals surface area (Å²) in [4.78, 5) is 0. The zero-order valence-corrected chi connectivity index (χ0v) is 4.30. The van der Waals surface area contributed by atoms with Gasteiger partial charge in [0.15, 0.2) is 0 Å². The molecule has 0 atom stereocenters. The molecule has 40 valence electrons. The Hall–Kier alpha value is -0.560. The fourth-order valence-corrected chi connectivity index (χ4v) is 0.267. The molecule has 1 N–H and O–H groups in total. The summed E-state index contributed by atoms with van der Waals surface area (Å²) in [5.41, 5.74) is 0. The molecule has 0 aromatic heterocycles.